The largest absolute Gasteiger partial charge is 0.381 e. The second-order valence-corrected chi connectivity index (χ2v) is 6.25. The molecular weight excluding hydrogens is 340 g/mol. The van der Waals surface area contributed by atoms with Crippen molar-refractivity contribution in [2.75, 3.05) is 7.05 Å². The van der Waals surface area contributed by atoms with E-state index in [0.29, 0.717) is 10.6 Å². The molecule has 2 amide bonds. The van der Waals surface area contributed by atoms with Gasteiger partial charge in [-0.15, -0.1) is 0 Å². The van der Waals surface area contributed by atoms with Crippen LogP contribution in [0.1, 0.15) is 22.8 Å². The fourth-order valence-electron chi connectivity index (χ4n) is 2.34. The average molecular weight is 361 g/mol. The topological polar surface area (TPSA) is 69.6 Å². The van der Waals surface area contributed by atoms with Crippen molar-refractivity contribution in [3.63, 3.8) is 0 Å². The van der Waals surface area contributed by atoms with Gasteiger partial charge in [-0.2, -0.15) is 0 Å². The van der Waals surface area contributed by atoms with Crippen molar-refractivity contribution < 1.29 is 14.7 Å². The van der Waals surface area contributed by atoms with Gasteiger partial charge in [0.15, 0.2) is 6.10 Å². The van der Waals surface area contributed by atoms with Gasteiger partial charge in [0, 0.05) is 24.2 Å². The molecule has 0 bridgehead atoms. The van der Waals surface area contributed by atoms with E-state index in [2.05, 4.69) is 5.32 Å². The summed E-state index contributed by atoms with van der Waals surface area (Å²) in [6.45, 7) is 1.88. The maximum atomic E-state index is 12.4. The molecule has 132 valence electrons. The Morgan fingerprint density at radius 2 is 1.84 bits per heavy atom. The van der Waals surface area contributed by atoms with E-state index < -0.39 is 18.1 Å². The van der Waals surface area contributed by atoms with Crippen LogP contribution in [0.25, 0.3) is 0 Å². The lowest BCUT2D eigenvalue weighted by Crippen LogP contribution is -2.49. The zero-order valence-corrected chi connectivity index (χ0v) is 14.9. The van der Waals surface area contributed by atoms with E-state index in [1.807, 2.05) is 12.1 Å². The number of aliphatic hydroxyl groups excluding tert-OH is 1. The summed E-state index contributed by atoms with van der Waals surface area (Å²) >= 11 is 5.90. The number of nitrogens with one attached hydrogen (secondary N) is 1. The normalized spacial score (nSPS) is 13.0. The van der Waals surface area contributed by atoms with Crippen LogP contribution < -0.4 is 5.32 Å². The van der Waals surface area contributed by atoms with E-state index in [-0.39, 0.29) is 12.5 Å². The SMILES string of the molecule is CC(C(O)C(=O)NCc1cccc(Cl)c1)N(C)C(=O)c1ccccc1. The Kier molecular flexibility index (Phi) is 6.56. The molecule has 0 spiro atoms. The lowest BCUT2D eigenvalue weighted by Gasteiger charge is -2.28. The molecule has 2 unspecified atom stereocenters. The highest BCUT2D eigenvalue weighted by atomic mass is 35.5. The van der Waals surface area contributed by atoms with Gasteiger partial charge in [-0.25, -0.2) is 0 Å². The molecule has 0 aromatic heterocycles. The highest BCUT2D eigenvalue weighted by Crippen LogP contribution is 2.12. The molecule has 2 aromatic rings. The molecule has 0 aliphatic heterocycles. The first-order chi connectivity index (χ1) is 11.9. The summed E-state index contributed by atoms with van der Waals surface area (Å²) in [5, 5.41) is 13.5. The van der Waals surface area contributed by atoms with E-state index in [9.17, 15) is 14.7 Å². The van der Waals surface area contributed by atoms with Crippen LogP contribution in [-0.2, 0) is 11.3 Å². The molecular formula is C19H21ClN2O3. The predicted molar refractivity (Wildman–Crippen MR) is 97.3 cm³/mol. The Morgan fingerprint density at radius 1 is 1.16 bits per heavy atom. The minimum absolute atomic E-state index is 0.250. The second-order valence-electron chi connectivity index (χ2n) is 5.82. The van der Waals surface area contributed by atoms with Crippen molar-refractivity contribution in [3.8, 4) is 0 Å². The molecule has 2 rings (SSSR count). The highest BCUT2D eigenvalue weighted by molar-refractivity contribution is 6.30. The number of amides is 2. The number of rotatable bonds is 6. The van der Waals surface area contributed by atoms with Gasteiger partial charge in [0.25, 0.3) is 11.8 Å². The van der Waals surface area contributed by atoms with Crippen molar-refractivity contribution in [3.05, 3.63) is 70.7 Å². The Balaban J connectivity index is 1.94. The Morgan fingerprint density at radius 3 is 2.48 bits per heavy atom. The zero-order chi connectivity index (χ0) is 18.4. The zero-order valence-electron chi connectivity index (χ0n) is 14.1. The maximum absolute atomic E-state index is 12.4. The Labute approximate surface area is 152 Å². The van der Waals surface area contributed by atoms with E-state index in [4.69, 9.17) is 11.6 Å². The van der Waals surface area contributed by atoms with E-state index >= 15 is 0 Å². The second kappa shape index (κ2) is 8.65. The summed E-state index contributed by atoms with van der Waals surface area (Å²) < 4.78 is 0. The van der Waals surface area contributed by atoms with Gasteiger partial charge >= 0.3 is 0 Å². The summed E-state index contributed by atoms with van der Waals surface area (Å²) in [4.78, 5) is 25.9. The molecule has 6 heteroatoms. The molecule has 5 nitrogen and oxygen atoms in total. The summed E-state index contributed by atoms with van der Waals surface area (Å²) in [7, 11) is 1.56. The number of hydrogen-bond acceptors (Lipinski definition) is 3. The maximum Gasteiger partial charge on any atom is 0.253 e. The van der Waals surface area contributed by atoms with Gasteiger partial charge in [-0.1, -0.05) is 41.9 Å². The van der Waals surface area contributed by atoms with Crippen LogP contribution in [-0.4, -0.2) is 41.0 Å². The number of likely N-dealkylation sites (N-methyl/N-ethyl adjacent to an activating group) is 1. The summed E-state index contributed by atoms with van der Waals surface area (Å²) in [6, 6.07) is 15.2. The van der Waals surface area contributed by atoms with Crippen molar-refractivity contribution in [2.24, 2.45) is 0 Å². The number of carbonyl (C=O) groups is 2. The number of aliphatic hydroxyl groups is 1. The molecule has 0 fully saturated rings. The molecule has 2 N–H and O–H groups in total. The first kappa shape index (κ1) is 19.0. The molecule has 25 heavy (non-hydrogen) atoms. The Bertz CT molecular complexity index is 736. The van der Waals surface area contributed by atoms with Gasteiger partial charge in [0.05, 0.1) is 6.04 Å². The minimum Gasteiger partial charge on any atom is -0.381 e. The average Bonchev–Trinajstić information content (AvgIpc) is 2.64. The fraction of sp³-hybridized carbons (Fsp3) is 0.263. The van der Waals surface area contributed by atoms with Crippen LogP contribution in [0, 0.1) is 0 Å². The first-order valence-electron chi connectivity index (χ1n) is 7.92. The van der Waals surface area contributed by atoms with Crippen molar-refractivity contribution in [2.45, 2.75) is 25.6 Å². The van der Waals surface area contributed by atoms with Gasteiger partial charge in [0.2, 0.25) is 0 Å². The first-order valence-corrected chi connectivity index (χ1v) is 8.30. The van der Waals surface area contributed by atoms with Crippen LogP contribution in [0.15, 0.2) is 54.6 Å². The third kappa shape index (κ3) is 5.05. The minimum atomic E-state index is -1.34. The summed E-state index contributed by atoms with van der Waals surface area (Å²) in [6.07, 6.45) is -1.34. The van der Waals surface area contributed by atoms with Gasteiger partial charge in [-0.3, -0.25) is 9.59 Å². The molecule has 0 saturated heterocycles. The molecule has 0 heterocycles. The molecule has 2 aromatic carbocycles. The quantitative estimate of drug-likeness (QED) is 0.831. The number of halogens is 1. The number of carbonyl (C=O) groups excluding carboxylic acids is 2. The molecule has 0 aliphatic rings. The number of hydrogen-bond donors (Lipinski definition) is 2. The predicted octanol–water partition coefficient (Wildman–Crippen LogP) is 2.48. The van der Waals surface area contributed by atoms with Gasteiger partial charge in [0.1, 0.15) is 0 Å². The van der Waals surface area contributed by atoms with Crippen molar-refractivity contribution in [1.29, 1.82) is 0 Å². The van der Waals surface area contributed by atoms with Crippen molar-refractivity contribution >= 4 is 23.4 Å². The summed E-state index contributed by atoms with van der Waals surface area (Å²) in [5.41, 5.74) is 1.33. The third-order valence-corrected chi connectivity index (χ3v) is 4.27. The molecule has 2 atom stereocenters. The van der Waals surface area contributed by atoms with Gasteiger partial charge < -0.3 is 15.3 Å². The van der Waals surface area contributed by atoms with Crippen LogP contribution in [0.2, 0.25) is 5.02 Å². The molecule has 0 saturated carbocycles. The number of benzene rings is 2. The third-order valence-electron chi connectivity index (χ3n) is 4.03. The van der Waals surface area contributed by atoms with E-state index in [1.54, 1.807) is 56.4 Å². The van der Waals surface area contributed by atoms with Crippen LogP contribution in [0.4, 0.5) is 0 Å². The standard InChI is InChI=1S/C19H21ClN2O3/c1-13(22(2)19(25)15-8-4-3-5-9-15)17(23)18(24)21-12-14-7-6-10-16(20)11-14/h3-11,13,17,23H,12H2,1-2H3,(H,21,24). The molecule has 0 aliphatic carbocycles. The van der Waals surface area contributed by atoms with Crippen LogP contribution in [0.5, 0.6) is 0 Å². The monoisotopic (exact) mass is 360 g/mol. The Hall–Kier alpha value is -2.37. The van der Waals surface area contributed by atoms with Crippen molar-refractivity contribution in [1.82, 2.24) is 10.2 Å². The van der Waals surface area contributed by atoms with Crippen LogP contribution >= 0.6 is 11.6 Å². The molecule has 0 radical (unpaired) electrons. The fourth-order valence-corrected chi connectivity index (χ4v) is 2.55. The summed E-state index contributed by atoms with van der Waals surface area (Å²) in [5.74, 6) is -0.796. The highest BCUT2D eigenvalue weighted by Gasteiger charge is 2.28. The smallest absolute Gasteiger partial charge is 0.253 e. The van der Waals surface area contributed by atoms with Gasteiger partial charge in [-0.05, 0) is 36.8 Å². The lowest BCUT2D eigenvalue weighted by molar-refractivity contribution is -0.131. The van der Waals surface area contributed by atoms with E-state index in [1.165, 1.54) is 4.90 Å². The van der Waals surface area contributed by atoms with Crippen LogP contribution in [0.3, 0.4) is 0 Å². The lowest BCUT2D eigenvalue weighted by atomic mass is 10.1. The number of nitrogens with zero attached hydrogens (tertiary/aromatic N) is 1. The van der Waals surface area contributed by atoms with E-state index in [0.717, 1.165) is 5.56 Å².